The Morgan fingerprint density at radius 3 is 1.87 bits per heavy atom. The Labute approximate surface area is 737 Å². The van der Waals surface area contributed by atoms with Crippen molar-refractivity contribution in [2.24, 2.45) is 40.2 Å². The van der Waals surface area contributed by atoms with Gasteiger partial charge in [-0.25, -0.2) is 9.59 Å². The number of ether oxygens (including phenoxy) is 7. The molecule has 692 valence electrons. The van der Waals surface area contributed by atoms with Crippen molar-refractivity contribution >= 4 is 76.5 Å². The first kappa shape index (κ1) is 97.3. The maximum absolute atomic E-state index is 14.9. The van der Waals surface area contributed by atoms with E-state index in [9.17, 15) is 73.2 Å². The van der Waals surface area contributed by atoms with Gasteiger partial charge in [-0.1, -0.05) is 109 Å². The second-order valence-corrected chi connectivity index (χ2v) is 36.2. The van der Waals surface area contributed by atoms with E-state index in [1.165, 1.54) is 33.9 Å². The van der Waals surface area contributed by atoms with Gasteiger partial charge in [0.05, 0.1) is 94.3 Å². The Hall–Kier alpha value is -9.33. The lowest BCUT2D eigenvalue weighted by Gasteiger charge is -2.56. The van der Waals surface area contributed by atoms with E-state index < -0.39 is 125 Å². The number of nitrogens with one attached hydrogen (secondary N) is 9. The molecule has 126 heavy (non-hydrogen) atoms. The Bertz CT molecular complexity index is 4380. The molecular formula is C92H132N12O22. The number of carbonyl (C=O) groups is 11. The molecule has 0 bridgehead atoms. The highest BCUT2D eigenvalue weighted by molar-refractivity contribution is 6.13. The summed E-state index contributed by atoms with van der Waals surface area (Å²) in [6, 6.07) is 16.2. The summed E-state index contributed by atoms with van der Waals surface area (Å²) in [5.41, 5.74) is 18.2. The number of urea groups is 1. The number of aryl methyl sites for hydroxylation is 3. The standard InChI is InChI=1S/C92H132N12O22/c1-56(2)77(99-83(115)66(98-73(107)34-42-120-44-46-122-48-49-123-47-45-121-43-41-103-75(109)32-33-76(103)110)17-11-12-39-94-74(108)55-124-69-19-10-8-9-18-67-78(69)101-102-104(67)84-81(113)80(112)79(111)70(53-105)126-84)68(106)51-61(16-13-40-95-87(93)118)82(114)96-62-27-21-58(22-28-62)54-125-88(119)97-63-29-24-60-26-31-72-90(5,65(60)52-63)36-15-38-92(72,7)86(117)100-85(116)91(6)37-14-35-89(4)64-50-57(3)20-23-59(64)25-30-71(89)91/h20-24,27-29,32-33,50,52,56,61,66,69-72,77,79-81,84,101-102,105,111-113H,8-19,25-26,30-31,34-49,51,53-55H2,1-7H3,(H,94,108)(H,96,114)(H,97,119)(H,98,107)(H,99,115)(H3,93,95,118)(H,100,116,117)/t61-,66-,69?,70-,71-,72-,77+,79+,80+,81-,84-,89-,90-,91+,92+/m1/s1. The fraction of sp³-hybridized carbons (Fsp3) is 0.641. The van der Waals surface area contributed by atoms with Crippen LogP contribution in [0.4, 0.5) is 21.0 Å². The molecule has 0 radical (unpaired) electrons. The number of hydrazine groups is 2. The van der Waals surface area contributed by atoms with Crippen LogP contribution in [0.15, 0.2) is 84.2 Å². The maximum Gasteiger partial charge on any atom is 0.411 e. The number of amides is 11. The van der Waals surface area contributed by atoms with Gasteiger partial charge in [-0.05, 0) is 190 Å². The van der Waals surface area contributed by atoms with Crippen molar-refractivity contribution < 1.29 is 106 Å². The van der Waals surface area contributed by atoms with Gasteiger partial charge in [-0.15, -0.1) is 5.53 Å². The summed E-state index contributed by atoms with van der Waals surface area (Å²) < 4.78 is 40.0. The van der Waals surface area contributed by atoms with Gasteiger partial charge in [-0.2, -0.15) is 0 Å². The van der Waals surface area contributed by atoms with Crippen molar-refractivity contribution in [3.05, 3.63) is 118 Å². The molecule has 5 aliphatic carbocycles. The number of aliphatic hydroxyl groups is 4. The molecule has 3 fully saturated rings. The van der Waals surface area contributed by atoms with Crippen LogP contribution in [-0.2, 0) is 107 Å². The SMILES string of the molecule is Cc1ccc2c(c1)[C@@]1(C)CCC[C@](C)(C(=O)NC(=O)[C@@]3(C)CCC[C@]4(C)c5cc(NC(=O)OCc6ccc(NC(=O)[C@H](CCCNC(N)=O)CC(=O)[C@@H](NC(=O)[C@@H](CCCCNC(=O)COC7CCCCCC8=C7NNN8[C@@H]7O[C@H](CO)[C@H](O)[C@H](O)[C@H]7O)NC(=O)CCOCCOCCOCCOCCN7C(=O)C=CC7=O)C(C)C)cc6)ccc5CC[C@@H]34)[C@@H]1CC2. The Morgan fingerprint density at radius 2 is 1.24 bits per heavy atom. The van der Waals surface area contributed by atoms with Crippen LogP contribution < -0.4 is 53.9 Å². The van der Waals surface area contributed by atoms with Gasteiger partial charge < -0.3 is 91.3 Å². The minimum Gasteiger partial charge on any atom is -0.444 e. The van der Waals surface area contributed by atoms with Gasteiger partial charge in [-0.3, -0.25) is 63.7 Å². The number of rotatable bonds is 43. The van der Waals surface area contributed by atoms with E-state index in [0.717, 1.165) is 93.1 Å². The van der Waals surface area contributed by atoms with Crippen LogP contribution in [0, 0.1) is 41.4 Å². The second kappa shape index (κ2) is 45.1. The number of aliphatic hydroxyl groups excluding tert-OH is 4. The molecule has 3 aromatic carbocycles. The van der Waals surface area contributed by atoms with E-state index in [4.69, 9.17) is 38.9 Å². The fourth-order valence-electron chi connectivity index (χ4n) is 20.1. The summed E-state index contributed by atoms with van der Waals surface area (Å²) >= 11 is 0. The third-order valence-electron chi connectivity index (χ3n) is 27.1. The maximum atomic E-state index is 14.9. The zero-order valence-corrected chi connectivity index (χ0v) is 73.9. The molecule has 1 unspecified atom stereocenters. The van der Waals surface area contributed by atoms with Crippen LogP contribution in [0.3, 0.4) is 0 Å². The molecule has 1 saturated heterocycles. The molecule has 0 spiro atoms. The number of unbranched alkanes of at least 4 members (excludes halogenated alkanes) is 1. The number of carbonyl (C=O) groups excluding carboxylic acids is 11. The van der Waals surface area contributed by atoms with Crippen molar-refractivity contribution in [3.63, 3.8) is 0 Å². The molecule has 11 amide bonds. The molecule has 3 aliphatic heterocycles. The highest BCUT2D eigenvalue weighted by Crippen LogP contribution is 2.60. The zero-order valence-electron chi connectivity index (χ0n) is 73.9. The third kappa shape index (κ3) is 24.4. The first-order valence-corrected chi connectivity index (χ1v) is 45.0. The van der Waals surface area contributed by atoms with Gasteiger partial charge >= 0.3 is 12.1 Å². The van der Waals surface area contributed by atoms with Crippen LogP contribution in [0.1, 0.15) is 203 Å². The highest BCUT2D eigenvalue weighted by Gasteiger charge is 2.59. The molecular weight excluding hydrogens is 1630 g/mol. The van der Waals surface area contributed by atoms with Gasteiger partial charge in [0.15, 0.2) is 12.0 Å². The van der Waals surface area contributed by atoms with E-state index in [2.05, 4.69) is 94.1 Å². The number of primary amides is 1. The molecule has 15 N–H and O–H groups in total. The van der Waals surface area contributed by atoms with Gasteiger partial charge in [0.25, 0.3) is 11.8 Å². The highest BCUT2D eigenvalue weighted by atomic mass is 16.6. The number of imide groups is 2. The van der Waals surface area contributed by atoms with Crippen molar-refractivity contribution in [1.29, 1.82) is 0 Å². The van der Waals surface area contributed by atoms with Crippen LogP contribution in [0.5, 0.6) is 0 Å². The summed E-state index contributed by atoms with van der Waals surface area (Å²) in [7, 11) is 0. The summed E-state index contributed by atoms with van der Waals surface area (Å²) in [6.07, 6.45) is 6.35. The number of nitrogens with two attached hydrogens (primary N) is 1. The molecule has 3 aromatic rings. The minimum atomic E-state index is -1.60. The lowest BCUT2D eigenvalue weighted by Crippen LogP contribution is -2.64. The van der Waals surface area contributed by atoms with Crippen molar-refractivity contribution in [3.8, 4) is 0 Å². The monoisotopic (exact) mass is 1760 g/mol. The second-order valence-electron chi connectivity index (χ2n) is 36.2. The molecule has 11 rings (SSSR count). The fourth-order valence-corrected chi connectivity index (χ4v) is 20.1. The largest absolute Gasteiger partial charge is 0.444 e. The third-order valence-corrected chi connectivity index (χ3v) is 27.1. The molecule has 8 aliphatic rings. The number of Topliss-reactive ketones (excluding diaryl/α,β-unsaturated/α-hetero) is 1. The number of hydrogen-bond acceptors (Lipinski definition) is 25. The molecule has 2 saturated carbocycles. The quantitative estimate of drug-likeness (QED) is 0.0226. The Balaban J connectivity index is 0.661. The van der Waals surface area contributed by atoms with Crippen molar-refractivity contribution in [2.75, 3.05) is 96.3 Å². The number of ketones is 1. The number of nitrogens with zero attached hydrogens (tertiary/aromatic N) is 2. The number of hydrogen-bond donors (Lipinski definition) is 14. The summed E-state index contributed by atoms with van der Waals surface area (Å²) in [6.45, 7) is 15.0. The van der Waals surface area contributed by atoms with Crippen LogP contribution in [-0.4, -0.2) is 230 Å². The minimum absolute atomic E-state index is 0.0325. The lowest BCUT2D eigenvalue weighted by molar-refractivity contribution is -0.266. The van der Waals surface area contributed by atoms with E-state index in [1.54, 1.807) is 38.1 Å². The average Bonchev–Trinajstić information content (AvgIpc) is 0.945. The van der Waals surface area contributed by atoms with E-state index >= 15 is 0 Å². The van der Waals surface area contributed by atoms with Crippen LogP contribution in [0.2, 0.25) is 0 Å². The number of allylic oxidation sites excluding steroid dienone is 1. The molecule has 34 nitrogen and oxygen atoms in total. The van der Waals surface area contributed by atoms with Crippen molar-refractivity contribution in [2.45, 2.75) is 256 Å². The van der Waals surface area contributed by atoms with Crippen molar-refractivity contribution in [1.82, 2.24) is 47.5 Å². The zero-order chi connectivity index (χ0) is 90.5. The van der Waals surface area contributed by atoms with E-state index in [0.29, 0.717) is 60.4 Å². The van der Waals surface area contributed by atoms with Crippen LogP contribution >= 0.6 is 0 Å². The summed E-state index contributed by atoms with van der Waals surface area (Å²) in [5, 5.41) is 63.3. The first-order chi connectivity index (χ1) is 60.3. The Morgan fingerprint density at radius 1 is 0.627 bits per heavy atom. The summed E-state index contributed by atoms with van der Waals surface area (Å²) in [5.74, 6) is -5.24. The predicted molar refractivity (Wildman–Crippen MR) is 463 cm³/mol. The van der Waals surface area contributed by atoms with Gasteiger partial charge in [0.2, 0.25) is 35.4 Å². The average molecular weight is 1760 g/mol. The lowest BCUT2D eigenvalue weighted by atomic mass is 9.49. The molecule has 34 heteroatoms. The van der Waals surface area contributed by atoms with E-state index in [1.807, 2.05) is 25.1 Å². The van der Waals surface area contributed by atoms with Gasteiger partial charge in [0.1, 0.15) is 49.8 Å². The van der Waals surface area contributed by atoms with E-state index in [-0.39, 0.29) is 159 Å². The topological polar surface area (TPSA) is 474 Å². The predicted octanol–water partition coefficient (Wildman–Crippen LogP) is 6.05. The molecule has 15 atom stereocenters. The number of benzene rings is 3. The number of anilines is 2. The summed E-state index contributed by atoms with van der Waals surface area (Å²) in [4.78, 5) is 150. The number of fused-ring (bicyclic) bond motifs is 6. The molecule has 0 aromatic heterocycles. The Kier molecular flexibility index (Phi) is 34.8. The first-order valence-electron chi connectivity index (χ1n) is 45.0. The van der Waals surface area contributed by atoms with Crippen LogP contribution in [0.25, 0.3) is 0 Å². The molecule has 3 heterocycles. The normalized spacial score (nSPS) is 26.3. The van der Waals surface area contributed by atoms with Gasteiger partial charge in [0, 0.05) is 55.4 Å². The smallest absolute Gasteiger partial charge is 0.411 e.